The van der Waals surface area contributed by atoms with Gasteiger partial charge >= 0.3 is 8.57 Å². The van der Waals surface area contributed by atoms with Crippen LogP contribution in [0.25, 0.3) is 0 Å². The second-order valence-electron chi connectivity index (χ2n) is 4.53. The average Bonchev–Trinajstić information content (AvgIpc) is 1.78. The lowest BCUT2D eigenvalue weighted by atomic mass is 9.91. The molecule has 0 aromatic heterocycles. The fraction of sp³-hybridized carbons (Fsp3) is 0.875. The van der Waals surface area contributed by atoms with E-state index in [0.717, 1.165) is 5.71 Å². The normalized spacial score (nSPS) is 14.8. The molecule has 0 amide bonds. The minimum absolute atomic E-state index is 0.0205. The van der Waals surface area contributed by atoms with Crippen LogP contribution in [0.5, 0.6) is 0 Å². The number of hydrogen-bond acceptors (Lipinski definition) is 2. The summed E-state index contributed by atoms with van der Waals surface area (Å²) in [7, 11) is -2.74. The minimum atomic E-state index is -2.74. The first-order valence-corrected chi connectivity index (χ1v) is 7.01. The maximum atomic E-state index is 13.1. The number of rotatable bonds is 2. The van der Waals surface area contributed by atoms with Crippen molar-refractivity contribution in [3.63, 3.8) is 0 Å². The molecule has 0 aromatic carbocycles. The summed E-state index contributed by atoms with van der Waals surface area (Å²) in [5.74, 6) is 0. The molecule has 0 bridgehead atoms. The van der Waals surface area contributed by atoms with Gasteiger partial charge in [0.1, 0.15) is 0 Å². The standard InChI is InChI=1S/C8H19FN2Si/c1-7(8(2,3)4)10-11-12(5,6)9/h11H,1-6H3/b10-7+. The van der Waals surface area contributed by atoms with Gasteiger partial charge in [0, 0.05) is 11.1 Å². The molecule has 0 fully saturated rings. The van der Waals surface area contributed by atoms with Crippen LogP contribution in [0, 0.1) is 5.41 Å². The molecule has 0 aliphatic heterocycles. The first-order chi connectivity index (χ1) is 5.13. The second kappa shape index (κ2) is 3.56. The number of hydrogen-bond donors (Lipinski definition) is 1. The summed E-state index contributed by atoms with van der Waals surface area (Å²) in [6.07, 6.45) is 0. The van der Waals surface area contributed by atoms with E-state index in [2.05, 4.69) is 31.0 Å². The number of nitrogens with zero attached hydrogens (tertiary/aromatic N) is 1. The van der Waals surface area contributed by atoms with Gasteiger partial charge in [-0.1, -0.05) is 20.8 Å². The Kier molecular flexibility index (Phi) is 3.44. The van der Waals surface area contributed by atoms with Crippen LogP contribution in [-0.2, 0) is 0 Å². The Hall–Kier alpha value is -0.383. The van der Waals surface area contributed by atoms with Crippen molar-refractivity contribution >= 4 is 14.3 Å². The van der Waals surface area contributed by atoms with E-state index in [1.165, 1.54) is 0 Å². The van der Waals surface area contributed by atoms with Crippen LogP contribution in [0.4, 0.5) is 4.11 Å². The van der Waals surface area contributed by atoms with Crippen molar-refractivity contribution in [2.24, 2.45) is 10.5 Å². The molecule has 0 saturated heterocycles. The molecule has 0 unspecified atom stereocenters. The molecular formula is C8H19FN2Si. The maximum Gasteiger partial charge on any atom is 0.355 e. The van der Waals surface area contributed by atoms with E-state index in [-0.39, 0.29) is 5.41 Å². The lowest BCUT2D eigenvalue weighted by Gasteiger charge is -2.19. The molecule has 0 saturated carbocycles. The van der Waals surface area contributed by atoms with E-state index in [9.17, 15) is 4.11 Å². The zero-order valence-electron chi connectivity index (χ0n) is 8.83. The zero-order chi connectivity index (χ0) is 9.99. The molecule has 0 aliphatic carbocycles. The van der Waals surface area contributed by atoms with Gasteiger partial charge in [-0.2, -0.15) is 5.10 Å². The van der Waals surface area contributed by atoms with Gasteiger partial charge in [-0.25, -0.2) is 0 Å². The van der Waals surface area contributed by atoms with Gasteiger partial charge in [-0.05, 0) is 20.0 Å². The largest absolute Gasteiger partial charge is 0.355 e. The van der Waals surface area contributed by atoms with Crippen molar-refractivity contribution in [3.05, 3.63) is 0 Å². The molecule has 0 rings (SSSR count). The van der Waals surface area contributed by atoms with Crippen LogP contribution < -0.4 is 5.09 Å². The third kappa shape index (κ3) is 5.29. The van der Waals surface area contributed by atoms with Gasteiger partial charge in [0.15, 0.2) is 0 Å². The van der Waals surface area contributed by atoms with Gasteiger partial charge in [0.2, 0.25) is 0 Å². The predicted octanol–water partition coefficient (Wildman–Crippen LogP) is 2.67. The Morgan fingerprint density at radius 1 is 1.33 bits per heavy atom. The highest BCUT2D eigenvalue weighted by molar-refractivity contribution is 6.67. The lowest BCUT2D eigenvalue weighted by Crippen LogP contribution is -2.37. The predicted molar refractivity (Wildman–Crippen MR) is 54.3 cm³/mol. The number of hydrazone groups is 1. The van der Waals surface area contributed by atoms with Crippen molar-refractivity contribution in [1.82, 2.24) is 5.09 Å². The molecule has 0 atom stereocenters. The quantitative estimate of drug-likeness (QED) is 0.308. The van der Waals surface area contributed by atoms with E-state index < -0.39 is 8.57 Å². The molecule has 1 N–H and O–H groups in total. The van der Waals surface area contributed by atoms with Gasteiger partial charge in [-0.3, -0.25) is 4.11 Å². The van der Waals surface area contributed by atoms with Crippen molar-refractivity contribution in [2.75, 3.05) is 0 Å². The second-order valence-corrected chi connectivity index (χ2v) is 7.70. The van der Waals surface area contributed by atoms with E-state index in [1.807, 2.05) is 6.92 Å². The first kappa shape index (κ1) is 11.6. The summed E-state index contributed by atoms with van der Waals surface area (Å²) < 4.78 is 13.1. The topological polar surface area (TPSA) is 24.4 Å². The third-order valence-electron chi connectivity index (χ3n) is 1.57. The molecule has 0 radical (unpaired) electrons. The van der Waals surface area contributed by atoms with Gasteiger partial charge < -0.3 is 5.09 Å². The van der Waals surface area contributed by atoms with Crippen LogP contribution in [0.15, 0.2) is 5.10 Å². The fourth-order valence-corrected chi connectivity index (χ4v) is 0.818. The highest BCUT2D eigenvalue weighted by atomic mass is 28.4. The Labute approximate surface area is 75.5 Å². The number of halogens is 1. The van der Waals surface area contributed by atoms with E-state index >= 15 is 0 Å². The van der Waals surface area contributed by atoms with E-state index in [0.29, 0.717) is 0 Å². The van der Waals surface area contributed by atoms with Crippen LogP contribution >= 0.6 is 0 Å². The molecule has 4 heteroatoms. The summed E-state index contributed by atoms with van der Waals surface area (Å²) >= 11 is 0. The van der Waals surface area contributed by atoms with E-state index in [4.69, 9.17) is 0 Å². The average molecular weight is 190 g/mol. The molecule has 72 valence electrons. The molecular weight excluding hydrogens is 171 g/mol. The molecule has 2 nitrogen and oxygen atoms in total. The van der Waals surface area contributed by atoms with Crippen molar-refractivity contribution in [1.29, 1.82) is 0 Å². The molecule has 0 heterocycles. The molecule has 12 heavy (non-hydrogen) atoms. The van der Waals surface area contributed by atoms with Gasteiger partial charge in [0.25, 0.3) is 0 Å². The Bertz CT molecular complexity index is 176. The summed E-state index contributed by atoms with van der Waals surface area (Å²) in [5, 5.41) is 6.61. The fourth-order valence-electron chi connectivity index (χ4n) is 0.384. The maximum absolute atomic E-state index is 13.1. The number of nitrogens with one attached hydrogen (secondary N) is 1. The van der Waals surface area contributed by atoms with Crippen molar-refractivity contribution < 1.29 is 4.11 Å². The molecule has 0 aromatic rings. The summed E-state index contributed by atoms with van der Waals surface area (Å²) in [6.45, 7) is 11.2. The smallest absolute Gasteiger partial charge is 0.308 e. The SMILES string of the molecule is C/C(=N\N[Si](C)(C)F)C(C)(C)C. The van der Waals surface area contributed by atoms with Gasteiger partial charge in [0.05, 0.1) is 0 Å². The van der Waals surface area contributed by atoms with E-state index in [1.54, 1.807) is 13.1 Å². The van der Waals surface area contributed by atoms with Crippen LogP contribution in [0.2, 0.25) is 13.1 Å². The highest BCUT2D eigenvalue weighted by Crippen LogP contribution is 2.15. The first-order valence-electron chi connectivity index (χ1n) is 4.14. The molecule has 0 spiro atoms. The summed E-state index contributed by atoms with van der Waals surface area (Å²) in [6, 6.07) is 0. The monoisotopic (exact) mass is 190 g/mol. The Balaban J connectivity index is 4.21. The highest BCUT2D eigenvalue weighted by Gasteiger charge is 2.21. The van der Waals surface area contributed by atoms with Crippen LogP contribution in [0.1, 0.15) is 27.7 Å². The Morgan fingerprint density at radius 3 is 2.00 bits per heavy atom. The van der Waals surface area contributed by atoms with Gasteiger partial charge in [-0.15, -0.1) is 0 Å². The molecule has 0 aliphatic rings. The Morgan fingerprint density at radius 2 is 1.75 bits per heavy atom. The van der Waals surface area contributed by atoms with Crippen LogP contribution in [0.3, 0.4) is 0 Å². The van der Waals surface area contributed by atoms with Crippen LogP contribution in [-0.4, -0.2) is 14.3 Å². The van der Waals surface area contributed by atoms with Crippen molar-refractivity contribution in [3.8, 4) is 0 Å². The summed E-state index contributed by atoms with van der Waals surface area (Å²) in [4.78, 5) is 0. The minimum Gasteiger partial charge on any atom is -0.308 e. The lowest BCUT2D eigenvalue weighted by molar-refractivity contribution is 0.581. The third-order valence-corrected chi connectivity index (χ3v) is 2.22. The summed E-state index contributed by atoms with van der Waals surface area (Å²) in [5.41, 5.74) is 0.952. The zero-order valence-corrected chi connectivity index (χ0v) is 9.83. The van der Waals surface area contributed by atoms with Crippen molar-refractivity contribution in [2.45, 2.75) is 40.8 Å².